The van der Waals surface area contributed by atoms with Gasteiger partial charge in [0.25, 0.3) is 0 Å². The lowest BCUT2D eigenvalue weighted by atomic mass is 10.1. The molecule has 1 N–H and O–H groups in total. The Morgan fingerprint density at radius 1 is 1.10 bits per heavy atom. The molecule has 4 nitrogen and oxygen atoms in total. The number of amides is 1. The zero-order valence-electron chi connectivity index (χ0n) is 16.3. The van der Waals surface area contributed by atoms with Crippen molar-refractivity contribution < 1.29 is 9.53 Å². The SMILES string of the molecule is O=C(Nc1ncc(C(Oc2ccc3cc(Br)ccc3c2)c2ccc(Cl)cc2)s1)C1CC1. The monoisotopic (exact) mass is 512 g/mol. The molecule has 1 aliphatic rings. The summed E-state index contributed by atoms with van der Waals surface area (Å²) in [6.07, 6.45) is 3.32. The molecule has 1 heterocycles. The van der Waals surface area contributed by atoms with Crippen LogP contribution in [0.4, 0.5) is 5.13 Å². The van der Waals surface area contributed by atoms with Crippen LogP contribution in [-0.2, 0) is 4.79 Å². The molecule has 0 radical (unpaired) electrons. The highest BCUT2D eigenvalue weighted by atomic mass is 79.9. The van der Waals surface area contributed by atoms with Crippen LogP contribution in [0.15, 0.2) is 71.3 Å². The van der Waals surface area contributed by atoms with Gasteiger partial charge in [-0.2, -0.15) is 0 Å². The number of ether oxygens (including phenoxy) is 1. The third-order valence-electron chi connectivity index (χ3n) is 5.16. The van der Waals surface area contributed by atoms with Gasteiger partial charge in [0, 0.05) is 21.6 Å². The van der Waals surface area contributed by atoms with Gasteiger partial charge in [-0.25, -0.2) is 4.98 Å². The first-order valence-electron chi connectivity index (χ1n) is 9.93. The molecule has 1 atom stereocenters. The van der Waals surface area contributed by atoms with Crippen LogP contribution in [0.1, 0.15) is 29.4 Å². The van der Waals surface area contributed by atoms with Crippen LogP contribution in [0.25, 0.3) is 10.8 Å². The number of hydrogen-bond donors (Lipinski definition) is 1. The fourth-order valence-corrected chi connectivity index (χ4v) is 4.73. The Morgan fingerprint density at radius 3 is 2.61 bits per heavy atom. The van der Waals surface area contributed by atoms with E-state index in [-0.39, 0.29) is 17.9 Å². The van der Waals surface area contributed by atoms with Crippen LogP contribution in [0, 0.1) is 5.92 Å². The number of aromatic nitrogens is 1. The summed E-state index contributed by atoms with van der Waals surface area (Å²) >= 11 is 11.0. The molecule has 0 saturated heterocycles. The minimum absolute atomic E-state index is 0.0468. The van der Waals surface area contributed by atoms with Crippen molar-refractivity contribution in [1.82, 2.24) is 4.98 Å². The van der Waals surface area contributed by atoms with Crippen molar-refractivity contribution in [3.05, 3.63) is 86.8 Å². The van der Waals surface area contributed by atoms with Gasteiger partial charge in [-0.05, 0) is 65.6 Å². The molecule has 0 bridgehead atoms. The van der Waals surface area contributed by atoms with Crippen molar-refractivity contribution in [2.45, 2.75) is 18.9 Å². The van der Waals surface area contributed by atoms with Crippen molar-refractivity contribution in [1.29, 1.82) is 0 Å². The first-order valence-corrected chi connectivity index (χ1v) is 11.9. The van der Waals surface area contributed by atoms with Crippen LogP contribution in [0.3, 0.4) is 0 Å². The van der Waals surface area contributed by atoms with E-state index in [1.54, 1.807) is 6.20 Å². The molecule has 1 amide bonds. The molecule has 0 spiro atoms. The van der Waals surface area contributed by atoms with Crippen molar-refractivity contribution >= 4 is 60.7 Å². The number of carbonyl (C=O) groups excluding carboxylic acids is 1. The highest BCUT2D eigenvalue weighted by molar-refractivity contribution is 9.10. The molecular weight excluding hydrogens is 496 g/mol. The van der Waals surface area contributed by atoms with Gasteiger partial charge in [0.15, 0.2) is 11.2 Å². The number of halogens is 2. The van der Waals surface area contributed by atoms with Crippen molar-refractivity contribution in [3.8, 4) is 5.75 Å². The Morgan fingerprint density at radius 2 is 1.84 bits per heavy atom. The smallest absolute Gasteiger partial charge is 0.229 e. The van der Waals surface area contributed by atoms with E-state index < -0.39 is 0 Å². The molecular formula is C24H18BrClN2O2S. The summed E-state index contributed by atoms with van der Waals surface area (Å²) in [7, 11) is 0. The summed E-state index contributed by atoms with van der Waals surface area (Å²) in [5.74, 6) is 0.936. The van der Waals surface area contributed by atoms with Gasteiger partial charge < -0.3 is 10.1 Å². The fourth-order valence-electron chi connectivity index (χ4n) is 3.35. The number of nitrogens with zero attached hydrogens (tertiary/aromatic N) is 1. The zero-order chi connectivity index (χ0) is 21.4. The van der Waals surface area contributed by atoms with Crippen molar-refractivity contribution in [3.63, 3.8) is 0 Å². The summed E-state index contributed by atoms with van der Waals surface area (Å²) in [6.45, 7) is 0. The Kier molecular flexibility index (Phi) is 5.69. The number of benzene rings is 3. The van der Waals surface area contributed by atoms with Gasteiger partial charge in [-0.1, -0.05) is 63.1 Å². The lowest BCUT2D eigenvalue weighted by Gasteiger charge is -2.19. The Labute approximate surface area is 197 Å². The second-order valence-electron chi connectivity index (χ2n) is 7.53. The first kappa shape index (κ1) is 20.5. The molecule has 3 aromatic carbocycles. The standard InChI is InChI=1S/C24H18BrClN2O2S/c25-18-7-3-17-12-20(10-6-16(17)11-18)30-22(14-4-8-19(26)9-5-14)21-13-27-24(31-21)28-23(29)15-1-2-15/h3-13,15,22H,1-2H2,(H,27,28,29). The van der Waals surface area contributed by atoms with E-state index in [1.807, 2.05) is 48.5 Å². The molecule has 1 unspecified atom stereocenters. The maximum Gasteiger partial charge on any atom is 0.229 e. The number of nitrogens with one attached hydrogen (secondary N) is 1. The predicted molar refractivity (Wildman–Crippen MR) is 129 cm³/mol. The van der Waals surface area contributed by atoms with E-state index in [0.717, 1.165) is 44.3 Å². The topological polar surface area (TPSA) is 51.2 Å². The molecule has 5 rings (SSSR count). The van der Waals surface area contributed by atoms with E-state index in [0.29, 0.717) is 10.2 Å². The quantitative estimate of drug-likeness (QED) is 0.296. The van der Waals surface area contributed by atoms with E-state index in [9.17, 15) is 4.79 Å². The van der Waals surface area contributed by atoms with Crippen LogP contribution < -0.4 is 10.1 Å². The van der Waals surface area contributed by atoms with E-state index in [2.05, 4.69) is 38.4 Å². The van der Waals surface area contributed by atoms with Crippen molar-refractivity contribution in [2.24, 2.45) is 5.92 Å². The maximum absolute atomic E-state index is 12.1. The van der Waals surface area contributed by atoms with Gasteiger partial charge in [0.2, 0.25) is 5.91 Å². The van der Waals surface area contributed by atoms with Gasteiger partial charge >= 0.3 is 0 Å². The summed E-state index contributed by atoms with van der Waals surface area (Å²) < 4.78 is 7.49. The van der Waals surface area contributed by atoms with E-state index in [1.165, 1.54) is 11.3 Å². The Bertz CT molecular complexity index is 1250. The lowest BCUT2D eigenvalue weighted by Crippen LogP contribution is -2.12. The molecule has 4 aromatic rings. The summed E-state index contributed by atoms with van der Waals surface area (Å²) in [6, 6.07) is 19.8. The average Bonchev–Trinajstić information content (AvgIpc) is 3.53. The number of carbonyl (C=O) groups is 1. The lowest BCUT2D eigenvalue weighted by molar-refractivity contribution is -0.117. The number of thiazole rings is 1. The molecule has 1 fully saturated rings. The van der Waals surface area contributed by atoms with E-state index >= 15 is 0 Å². The summed E-state index contributed by atoms with van der Waals surface area (Å²) in [4.78, 5) is 17.4. The van der Waals surface area contributed by atoms with Gasteiger partial charge in [-0.15, -0.1) is 0 Å². The number of fused-ring (bicyclic) bond motifs is 1. The highest BCUT2D eigenvalue weighted by Gasteiger charge is 2.30. The second-order valence-corrected chi connectivity index (χ2v) is 9.95. The minimum Gasteiger partial charge on any atom is -0.480 e. The molecule has 1 aromatic heterocycles. The third-order valence-corrected chi connectivity index (χ3v) is 6.86. The first-order chi connectivity index (χ1) is 15.0. The molecule has 0 aliphatic heterocycles. The normalized spacial score (nSPS) is 14.4. The summed E-state index contributed by atoms with van der Waals surface area (Å²) in [5, 5.41) is 6.41. The Hall–Kier alpha value is -2.41. The van der Waals surface area contributed by atoms with Gasteiger partial charge in [0.05, 0.1) is 4.88 Å². The van der Waals surface area contributed by atoms with Crippen LogP contribution >= 0.6 is 38.9 Å². The summed E-state index contributed by atoms with van der Waals surface area (Å²) in [5.41, 5.74) is 0.962. The number of rotatable bonds is 6. The van der Waals surface area contributed by atoms with Crippen LogP contribution in [-0.4, -0.2) is 10.9 Å². The maximum atomic E-state index is 12.1. The molecule has 7 heteroatoms. The largest absolute Gasteiger partial charge is 0.480 e. The minimum atomic E-state index is -0.366. The molecule has 1 aliphatic carbocycles. The fraction of sp³-hybridized carbons (Fsp3) is 0.167. The Balaban J connectivity index is 1.46. The number of hydrogen-bond acceptors (Lipinski definition) is 4. The van der Waals surface area contributed by atoms with Crippen LogP contribution in [0.5, 0.6) is 5.75 Å². The van der Waals surface area contributed by atoms with Gasteiger partial charge in [0.1, 0.15) is 5.75 Å². The zero-order valence-corrected chi connectivity index (χ0v) is 19.5. The van der Waals surface area contributed by atoms with E-state index in [4.69, 9.17) is 16.3 Å². The van der Waals surface area contributed by atoms with Crippen molar-refractivity contribution in [2.75, 3.05) is 5.32 Å². The second kappa shape index (κ2) is 8.61. The number of anilines is 1. The highest BCUT2D eigenvalue weighted by Crippen LogP contribution is 2.36. The molecule has 1 saturated carbocycles. The predicted octanol–water partition coefficient (Wildman–Crippen LogP) is 7.23. The van der Waals surface area contributed by atoms with Crippen LogP contribution in [0.2, 0.25) is 5.02 Å². The third kappa shape index (κ3) is 4.76. The average molecular weight is 514 g/mol. The van der Waals surface area contributed by atoms with Gasteiger partial charge in [-0.3, -0.25) is 4.79 Å². The molecule has 156 valence electrons. The molecule has 31 heavy (non-hydrogen) atoms.